The number of phenols is 1. The minimum atomic E-state index is -0.163. The normalized spacial score (nSPS) is 10.2. The van der Waals surface area contributed by atoms with Gasteiger partial charge in [0.25, 0.3) is 0 Å². The zero-order chi connectivity index (χ0) is 10.0. The van der Waals surface area contributed by atoms with Crippen molar-refractivity contribution in [3.8, 4) is 11.5 Å². The van der Waals surface area contributed by atoms with Crippen LogP contribution in [0.2, 0.25) is 5.02 Å². The zero-order valence-corrected chi connectivity index (χ0v) is 8.22. The molecule has 0 saturated heterocycles. The van der Waals surface area contributed by atoms with Crippen LogP contribution in [0.5, 0.6) is 11.5 Å². The summed E-state index contributed by atoms with van der Waals surface area (Å²) in [5.74, 6) is 0.322. The zero-order valence-electron chi connectivity index (χ0n) is 7.47. The lowest BCUT2D eigenvalue weighted by molar-refractivity contribution is 0.273. The van der Waals surface area contributed by atoms with Gasteiger partial charge in [0.2, 0.25) is 0 Å². The number of aromatic hydroxyl groups is 1. The van der Waals surface area contributed by atoms with Crippen LogP contribution in [-0.4, -0.2) is 17.3 Å². The number of ether oxygens (including phenoxy) is 1. The second-order valence-electron chi connectivity index (χ2n) is 2.71. The number of phenolic OH excluding ortho intramolecular Hbond substituents is 1. The molecule has 0 amide bonds. The second kappa shape index (κ2) is 3.85. The molecule has 4 heteroatoms. The van der Waals surface area contributed by atoms with E-state index in [2.05, 4.69) is 0 Å². The van der Waals surface area contributed by atoms with Crippen LogP contribution in [0.1, 0.15) is 11.1 Å². The number of rotatable bonds is 2. The highest BCUT2D eigenvalue weighted by Crippen LogP contribution is 2.38. The second-order valence-corrected chi connectivity index (χ2v) is 3.08. The molecule has 0 spiro atoms. The molecule has 1 rings (SSSR count). The maximum Gasteiger partial charge on any atom is 0.146 e. The summed E-state index contributed by atoms with van der Waals surface area (Å²) in [6, 6.07) is 1.64. The third-order valence-corrected chi connectivity index (χ3v) is 2.19. The number of aryl methyl sites for hydroxylation is 1. The Hall–Kier alpha value is -0.930. The number of hydrogen-bond donors (Lipinski definition) is 2. The third kappa shape index (κ3) is 1.71. The quantitative estimate of drug-likeness (QED) is 0.770. The summed E-state index contributed by atoms with van der Waals surface area (Å²) >= 11 is 5.80. The molecule has 72 valence electrons. The van der Waals surface area contributed by atoms with E-state index in [0.717, 1.165) is 0 Å². The minimum absolute atomic E-state index is 0.00397. The third-order valence-electron chi connectivity index (χ3n) is 1.84. The van der Waals surface area contributed by atoms with E-state index in [4.69, 9.17) is 21.4 Å². The number of benzene rings is 1. The fourth-order valence-electron chi connectivity index (χ4n) is 1.16. The molecule has 0 aliphatic rings. The molecule has 0 saturated carbocycles. The molecule has 1 aromatic carbocycles. The largest absolute Gasteiger partial charge is 0.506 e. The van der Waals surface area contributed by atoms with Crippen molar-refractivity contribution in [2.45, 2.75) is 13.5 Å². The van der Waals surface area contributed by atoms with Crippen LogP contribution in [0.3, 0.4) is 0 Å². The molecule has 0 unspecified atom stereocenters. The topological polar surface area (TPSA) is 49.7 Å². The van der Waals surface area contributed by atoms with E-state index in [1.54, 1.807) is 13.0 Å². The standard InChI is InChI=1S/C9H11ClO3/c1-5-3-6(4-11)9(13-2)7(10)8(5)12/h3,11-12H,4H2,1-2H3. The van der Waals surface area contributed by atoms with Crippen molar-refractivity contribution < 1.29 is 14.9 Å². The number of aliphatic hydroxyl groups is 1. The SMILES string of the molecule is COc1c(CO)cc(C)c(O)c1Cl. The maximum atomic E-state index is 9.44. The number of aliphatic hydroxyl groups excluding tert-OH is 1. The number of methoxy groups -OCH3 is 1. The molecular weight excluding hydrogens is 192 g/mol. The Morgan fingerprint density at radius 1 is 1.54 bits per heavy atom. The number of halogens is 1. The van der Waals surface area contributed by atoms with Gasteiger partial charge < -0.3 is 14.9 Å². The Balaban J connectivity index is 3.39. The van der Waals surface area contributed by atoms with E-state index in [-0.39, 0.29) is 17.4 Å². The van der Waals surface area contributed by atoms with E-state index in [0.29, 0.717) is 16.9 Å². The Bertz CT molecular complexity index is 323. The smallest absolute Gasteiger partial charge is 0.146 e. The van der Waals surface area contributed by atoms with Gasteiger partial charge in [0.1, 0.15) is 16.5 Å². The van der Waals surface area contributed by atoms with Crippen LogP contribution in [0, 0.1) is 6.92 Å². The number of hydrogen-bond acceptors (Lipinski definition) is 3. The summed E-state index contributed by atoms with van der Waals surface area (Å²) in [6.45, 7) is 1.55. The molecule has 1 aromatic rings. The highest BCUT2D eigenvalue weighted by atomic mass is 35.5. The Labute approximate surface area is 81.5 Å². The van der Waals surface area contributed by atoms with E-state index in [9.17, 15) is 5.11 Å². The Morgan fingerprint density at radius 3 is 2.62 bits per heavy atom. The summed E-state index contributed by atoms with van der Waals surface area (Å²) in [7, 11) is 1.44. The molecule has 0 radical (unpaired) electrons. The average molecular weight is 203 g/mol. The van der Waals surface area contributed by atoms with Crippen molar-refractivity contribution in [1.29, 1.82) is 0 Å². The molecule has 0 aromatic heterocycles. The van der Waals surface area contributed by atoms with Crippen LogP contribution in [0.25, 0.3) is 0 Å². The molecule has 0 bridgehead atoms. The summed E-state index contributed by atoms with van der Waals surface area (Å²) in [5.41, 5.74) is 1.19. The van der Waals surface area contributed by atoms with Gasteiger partial charge in [-0.25, -0.2) is 0 Å². The van der Waals surface area contributed by atoms with Gasteiger partial charge in [0.05, 0.1) is 13.7 Å². The lowest BCUT2D eigenvalue weighted by Crippen LogP contribution is -1.94. The summed E-state index contributed by atoms with van der Waals surface area (Å²) < 4.78 is 4.95. The van der Waals surface area contributed by atoms with E-state index in [1.165, 1.54) is 7.11 Å². The molecule has 0 aliphatic carbocycles. The van der Waals surface area contributed by atoms with Crippen molar-refractivity contribution in [3.63, 3.8) is 0 Å². The molecule has 0 atom stereocenters. The molecule has 0 aliphatic heterocycles. The van der Waals surface area contributed by atoms with Crippen LogP contribution in [-0.2, 0) is 6.61 Å². The van der Waals surface area contributed by atoms with E-state index >= 15 is 0 Å². The summed E-state index contributed by atoms with van der Waals surface area (Å²) in [6.07, 6.45) is 0. The molecule has 0 heterocycles. The lowest BCUT2D eigenvalue weighted by Gasteiger charge is -2.11. The van der Waals surface area contributed by atoms with Crippen LogP contribution in [0.15, 0.2) is 6.07 Å². The molecular formula is C9H11ClO3. The fourth-order valence-corrected chi connectivity index (χ4v) is 1.50. The summed E-state index contributed by atoms with van der Waals surface area (Å²) in [5, 5.41) is 18.6. The predicted molar refractivity (Wildman–Crippen MR) is 50.3 cm³/mol. The molecule has 3 nitrogen and oxygen atoms in total. The lowest BCUT2D eigenvalue weighted by atomic mass is 10.1. The van der Waals surface area contributed by atoms with Gasteiger partial charge in [-0.1, -0.05) is 11.6 Å². The first-order chi connectivity index (χ1) is 6.11. The van der Waals surface area contributed by atoms with Crippen molar-refractivity contribution in [1.82, 2.24) is 0 Å². The highest BCUT2D eigenvalue weighted by Gasteiger charge is 2.13. The van der Waals surface area contributed by atoms with Crippen LogP contribution in [0.4, 0.5) is 0 Å². The predicted octanol–water partition coefficient (Wildman–Crippen LogP) is 1.85. The molecule has 2 N–H and O–H groups in total. The Kier molecular flexibility index (Phi) is 3.01. The van der Waals surface area contributed by atoms with Crippen LogP contribution >= 0.6 is 11.6 Å². The Morgan fingerprint density at radius 2 is 2.15 bits per heavy atom. The van der Waals surface area contributed by atoms with Gasteiger partial charge in [-0.15, -0.1) is 0 Å². The summed E-state index contributed by atoms with van der Waals surface area (Å²) in [4.78, 5) is 0. The monoisotopic (exact) mass is 202 g/mol. The first kappa shape index (κ1) is 10.2. The highest BCUT2D eigenvalue weighted by molar-refractivity contribution is 6.33. The maximum absolute atomic E-state index is 9.44. The van der Waals surface area contributed by atoms with Crippen molar-refractivity contribution in [2.75, 3.05) is 7.11 Å². The van der Waals surface area contributed by atoms with Crippen molar-refractivity contribution in [3.05, 3.63) is 22.2 Å². The fraction of sp³-hybridized carbons (Fsp3) is 0.333. The van der Waals surface area contributed by atoms with E-state index in [1.807, 2.05) is 0 Å². The molecule has 0 fully saturated rings. The molecule has 13 heavy (non-hydrogen) atoms. The van der Waals surface area contributed by atoms with Gasteiger partial charge in [0, 0.05) is 5.56 Å². The van der Waals surface area contributed by atoms with Crippen molar-refractivity contribution in [2.24, 2.45) is 0 Å². The van der Waals surface area contributed by atoms with Gasteiger partial charge in [-0.05, 0) is 18.6 Å². The van der Waals surface area contributed by atoms with Gasteiger partial charge in [-0.2, -0.15) is 0 Å². The van der Waals surface area contributed by atoms with Gasteiger partial charge in [0.15, 0.2) is 0 Å². The van der Waals surface area contributed by atoms with Crippen LogP contribution < -0.4 is 4.74 Å². The average Bonchev–Trinajstić information content (AvgIpc) is 2.13. The van der Waals surface area contributed by atoms with E-state index < -0.39 is 0 Å². The van der Waals surface area contributed by atoms with Gasteiger partial charge >= 0.3 is 0 Å². The van der Waals surface area contributed by atoms with Crippen molar-refractivity contribution >= 4 is 11.6 Å². The first-order valence-electron chi connectivity index (χ1n) is 3.77. The first-order valence-corrected chi connectivity index (χ1v) is 4.15. The minimum Gasteiger partial charge on any atom is -0.506 e. The van der Waals surface area contributed by atoms with Gasteiger partial charge in [-0.3, -0.25) is 0 Å².